The standard InChI is InChI=1S/C35H40ClF2N3O4S.C2HF3O2/c36-27-12-8-25(9-13-27)24-6-10-26(11-7-24)35(37,38)33(34(42)41-29-14-15-30(41)21-28(39)20-29)40-46(43,44)32-18-16-31(17-19-32)45-22-23-4-2-1-3-5-23;3-2(4,5)1(6)7/h6-13,16-19,23,28-30,33,40H,1-5,14-15,20-22,39H2;(H,6,7)/t28?,29?,30?,33-;/m0./s1. The van der Waals surface area contributed by atoms with Gasteiger partial charge in [0.2, 0.25) is 15.9 Å². The molecule has 1 amide bonds. The van der Waals surface area contributed by atoms with Crippen molar-refractivity contribution in [2.24, 2.45) is 11.7 Å². The first-order chi connectivity index (χ1) is 25.0. The molecule has 3 fully saturated rings. The third-order valence-corrected chi connectivity index (χ3v) is 11.6. The van der Waals surface area contributed by atoms with E-state index in [1.807, 2.05) is 0 Å². The lowest BCUT2D eigenvalue weighted by atomic mass is 9.90. The molecular weight excluding hydrogens is 745 g/mol. The van der Waals surface area contributed by atoms with Crippen molar-refractivity contribution in [1.29, 1.82) is 0 Å². The topological polar surface area (TPSA) is 139 Å². The second-order valence-corrected chi connectivity index (χ2v) is 15.9. The number of nitrogens with one attached hydrogen (secondary N) is 1. The second-order valence-electron chi connectivity index (χ2n) is 13.7. The van der Waals surface area contributed by atoms with Crippen LogP contribution >= 0.6 is 11.6 Å². The predicted octanol–water partition coefficient (Wildman–Crippen LogP) is 7.52. The van der Waals surface area contributed by atoms with E-state index in [-0.39, 0.29) is 23.0 Å². The molecule has 288 valence electrons. The SMILES string of the molecule is NC1CC2CCC(C1)N2C(=O)[C@H](NS(=O)(=O)c1ccc(OCC2CCCCC2)cc1)C(F)(F)c1ccc(-c2ccc(Cl)cc2)cc1.O=C(O)C(F)(F)F. The lowest BCUT2D eigenvalue weighted by Gasteiger charge is -2.41. The van der Waals surface area contributed by atoms with Crippen LogP contribution in [0.1, 0.15) is 63.4 Å². The minimum Gasteiger partial charge on any atom is -0.493 e. The van der Waals surface area contributed by atoms with Crippen molar-refractivity contribution in [3.8, 4) is 16.9 Å². The number of alkyl halides is 5. The molecule has 9 nitrogen and oxygen atoms in total. The molecule has 16 heteroatoms. The monoisotopic (exact) mass is 785 g/mol. The van der Waals surface area contributed by atoms with Gasteiger partial charge >= 0.3 is 12.1 Å². The summed E-state index contributed by atoms with van der Waals surface area (Å²) in [6.07, 6.45) is 3.00. The quantitative estimate of drug-likeness (QED) is 0.181. The van der Waals surface area contributed by atoms with Crippen LogP contribution in [-0.4, -0.2) is 67.3 Å². The number of sulfonamides is 1. The zero-order valence-corrected chi connectivity index (χ0v) is 30.1. The molecule has 3 aliphatic rings. The van der Waals surface area contributed by atoms with Crippen molar-refractivity contribution >= 4 is 33.5 Å². The number of hydrogen-bond donors (Lipinski definition) is 3. The summed E-state index contributed by atoms with van der Waals surface area (Å²) in [6, 6.07) is 15.1. The van der Waals surface area contributed by atoms with E-state index in [0.717, 1.165) is 18.4 Å². The van der Waals surface area contributed by atoms with Gasteiger partial charge in [-0.15, -0.1) is 0 Å². The van der Waals surface area contributed by atoms with E-state index < -0.39 is 45.6 Å². The van der Waals surface area contributed by atoms with Crippen molar-refractivity contribution in [2.45, 2.75) is 98.9 Å². The maximum Gasteiger partial charge on any atom is 0.490 e. The van der Waals surface area contributed by atoms with Crippen LogP contribution in [0.15, 0.2) is 77.7 Å². The Balaban J connectivity index is 0.000000705. The highest BCUT2D eigenvalue weighted by Crippen LogP contribution is 2.40. The Morgan fingerprint density at radius 2 is 1.36 bits per heavy atom. The van der Waals surface area contributed by atoms with E-state index in [0.29, 0.717) is 54.5 Å². The maximum absolute atomic E-state index is 16.5. The largest absolute Gasteiger partial charge is 0.493 e. The molecule has 2 aliphatic heterocycles. The molecule has 0 spiro atoms. The molecule has 2 bridgehead atoms. The zero-order chi connectivity index (χ0) is 38.6. The second kappa shape index (κ2) is 16.7. The van der Waals surface area contributed by atoms with Gasteiger partial charge in [0.1, 0.15) is 5.75 Å². The van der Waals surface area contributed by atoms with Gasteiger partial charge in [0.25, 0.3) is 5.92 Å². The van der Waals surface area contributed by atoms with Gasteiger partial charge in [0, 0.05) is 28.7 Å². The molecule has 3 aromatic carbocycles. The number of carbonyl (C=O) groups is 2. The van der Waals surface area contributed by atoms with Crippen molar-refractivity contribution in [3.63, 3.8) is 0 Å². The third kappa shape index (κ3) is 10.0. The minimum atomic E-state index is -5.08. The first-order valence-corrected chi connectivity index (χ1v) is 19.2. The Kier molecular flexibility index (Phi) is 12.7. The number of carboxylic acids is 1. The summed E-state index contributed by atoms with van der Waals surface area (Å²) in [7, 11) is -4.54. The number of amides is 1. The highest BCUT2D eigenvalue weighted by Gasteiger charge is 2.53. The Hall–Kier alpha value is -3.79. The number of carboxylic acid groups (broad SMARTS) is 1. The summed E-state index contributed by atoms with van der Waals surface area (Å²) in [5.41, 5.74) is 7.16. The van der Waals surface area contributed by atoms with E-state index in [9.17, 15) is 26.4 Å². The number of nitrogens with two attached hydrogens (primary N) is 1. The summed E-state index contributed by atoms with van der Waals surface area (Å²) < 4.78 is 100. The lowest BCUT2D eigenvalue weighted by molar-refractivity contribution is -0.192. The van der Waals surface area contributed by atoms with E-state index in [1.54, 1.807) is 24.3 Å². The number of hydrogen-bond acceptors (Lipinski definition) is 6. The normalized spacial score (nSPS) is 21.3. The molecular formula is C37H41ClF5N3O6S. The number of nitrogens with zero attached hydrogens (tertiary/aromatic N) is 1. The molecule has 6 rings (SSSR count). The van der Waals surface area contributed by atoms with Crippen LogP contribution in [0.3, 0.4) is 0 Å². The molecule has 2 saturated heterocycles. The van der Waals surface area contributed by atoms with Gasteiger partial charge in [-0.05, 0) is 92.0 Å². The summed E-state index contributed by atoms with van der Waals surface area (Å²) in [5, 5.41) is 7.68. The van der Waals surface area contributed by atoms with Gasteiger partial charge in [-0.2, -0.15) is 26.7 Å². The summed E-state index contributed by atoms with van der Waals surface area (Å²) in [4.78, 5) is 24.2. The number of fused-ring (bicyclic) bond motifs is 2. The predicted molar refractivity (Wildman–Crippen MR) is 188 cm³/mol. The van der Waals surface area contributed by atoms with Gasteiger partial charge in [-0.1, -0.05) is 67.3 Å². The Morgan fingerprint density at radius 1 is 0.849 bits per heavy atom. The number of piperidine rings is 1. The van der Waals surface area contributed by atoms with Gasteiger partial charge < -0.3 is 20.5 Å². The van der Waals surface area contributed by atoms with Crippen LogP contribution in [0, 0.1) is 5.92 Å². The van der Waals surface area contributed by atoms with Crippen molar-refractivity contribution in [1.82, 2.24) is 9.62 Å². The van der Waals surface area contributed by atoms with Gasteiger partial charge in [-0.25, -0.2) is 13.2 Å². The van der Waals surface area contributed by atoms with Crippen molar-refractivity contribution in [2.75, 3.05) is 6.61 Å². The molecule has 1 saturated carbocycles. The smallest absolute Gasteiger partial charge is 0.490 e. The number of ether oxygens (including phenoxy) is 1. The van der Waals surface area contributed by atoms with E-state index in [4.69, 9.17) is 32.0 Å². The molecule has 0 aromatic heterocycles. The van der Waals surface area contributed by atoms with E-state index in [1.165, 1.54) is 72.7 Å². The van der Waals surface area contributed by atoms with Gasteiger partial charge in [0.05, 0.1) is 11.5 Å². The average Bonchev–Trinajstić information content (AvgIpc) is 3.40. The molecule has 0 radical (unpaired) electrons. The highest BCUT2D eigenvalue weighted by molar-refractivity contribution is 7.89. The lowest BCUT2D eigenvalue weighted by Crippen LogP contribution is -2.60. The fourth-order valence-corrected chi connectivity index (χ4v) is 8.52. The molecule has 2 heterocycles. The van der Waals surface area contributed by atoms with Crippen LogP contribution in [0.4, 0.5) is 22.0 Å². The van der Waals surface area contributed by atoms with Crippen LogP contribution in [-0.2, 0) is 25.5 Å². The van der Waals surface area contributed by atoms with Crippen molar-refractivity contribution < 1.29 is 49.8 Å². The van der Waals surface area contributed by atoms with E-state index in [2.05, 4.69) is 4.72 Å². The Bertz CT molecular complexity index is 1810. The molecule has 4 N–H and O–H groups in total. The number of carbonyl (C=O) groups excluding carboxylic acids is 1. The van der Waals surface area contributed by atoms with Crippen LogP contribution in [0.25, 0.3) is 11.1 Å². The Labute approximate surface area is 309 Å². The first-order valence-electron chi connectivity index (χ1n) is 17.3. The van der Waals surface area contributed by atoms with Crippen LogP contribution in [0.5, 0.6) is 5.75 Å². The molecule has 53 heavy (non-hydrogen) atoms. The number of rotatable bonds is 10. The van der Waals surface area contributed by atoms with Crippen LogP contribution < -0.4 is 15.2 Å². The third-order valence-electron chi connectivity index (χ3n) is 9.94. The summed E-state index contributed by atoms with van der Waals surface area (Å²) in [5.74, 6) is -6.60. The first kappa shape index (κ1) is 40.4. The van der Waals surface area contributed by atoms with E-state index >= 15 is 8.78 Å². The average molecular weight is 786 g/mol. The van der Waals surface area contributed by atoms with Gasteiger partial charge in [0.15, 0.2) is 6.04 Å². The highest BCUT2D eigenvalue weighted by atomic mass is 35.5. The summed E-state index contributed by atoms with van der Waals surface area (Å²) >= 11 is 5.99. The molecule has 3 aromatic rings. The number of halogens is 6. The number of benzene rings is 3. The summed E-state index contributed by atoms with van der Waals surface area (Å²) in [6.45, 7) is 0.547. The minimum absolute atomic E-state index is 0.128. The fourth-order valence-electron chi connectivity index (χ4n) is 7.21. The molecule has 2 unspecified atom stereocenters. The Morgan fingerprint density at radius 3 is 1.87 bits per heavy atom. The molecule has 1 aliphatic carbocycles. The maximum atomic E-state index is 16.5. The molecule has 3 atom stereocenters. The van der Waals surface area contributed by atoms with Gasteiger partial charge in [-0.3, -0.25) is 4.79 Å². The van der Waals surface area contributed by atoms with Crippen molar-refractivity contribution in [3.05, 3.63) is 83.4 Å². The number of aliphatic carboxylic acids is 1. The zero-order valence-electron chi connectivity index (χ0n) is 28.6. The fraction of sp³-hybridized carbons (Fsp3) is 0.459. The van der Waals surface area contributed by atoms with Crippen LogP contribution in [0.2, 0.25) is 5.02 Å².